The number of amides is 1. The molecule has 1 amide bonds. The van der Waals surface area contributed by atoms with Gasteiger partial charge in [0.1, 0.15) is 17.1 Å². The Labute approximate surface area is 155 Å². The highest BCUT2D eigenvalue weighted by atomic mass is 19.1. The second kappa shape index (κ2) is 8.03. The number of halogens is 1. The summed E-state index contributed by atoms with van der Waals surface area (Å²) >= 11 is 0. The fourth-order valence-corrected chi connectivity index (χ4v) is 2.81. The Morgan fingerprint density at radius 1 is 1.22 bits per heavy atom. The Morgan fingerprint density at radius 2 is 2.00 bits per heavy atom. The van der Waals surface area contributed by atoms with Gasteiger partial charge in [-0.1, -0.05) is 25.5 Å². The summed E-state index contributed by atoms with van der Waals surface area (Å²) in [6.45, 7) is 3.60. The minimum Gasteiger partial charge on any atom is -0.481 e. The fourth-order valence-electron chi connectivity index (χ4n) is 2.81. The minimum absolute atomic E-state index is 0.0895. The van der Waals surface area contributed by atoms with Gasteiger partial charge in [-0.15, -0.1) is 0 Å². The maximum Gasteiger partial charge on any atom is 0.336 e. The standard InChI is InChI=1S/C21H20FNO4/c1-3-6-14-11-20(24)27-19-12-15(9-10-16(14)19)26-13(2)21(25)23-18-8-5-4-7-17(18)22/h4-5,7-13H,3,6H2,1-2H3,(H,23,25)/t13-/m0/s1. The van der Waals surface area contributed by atoms with Crippen LogP contribution in [0.5, 0.6) is 5.75 Å². The first-order valence-corrected chi connectivity index (χ1v) is 8.76. The molecule has 5 nitrogen and oxygen atoms in total. The number of aryl methyl sites for hydroxylation is 1. The van der Waals surface area contributed by atoms with Crippen LogP contribution in [0, 0.1) is 5.82 Å². The van der Waals surface area contributed by atoms with Gasteiger partial charge in [-0.05, 0) is 43.2 Å². The van der Waals surface area contributed by atoms with E-state index in [1.54, 1.807) is 37.3 Å². The molecular formula is C21H20FNO4. The Bertz CT molecular complexity index is 1030. The predicted octanol–water partition coefficient (Wildman–Crippen LogP) is 4.29. The quantitative estimate of drug-likeness (QED) is 0.658. The van der Waals surface area contributed by atoms with Crippen molar-refractivity contribution < 1.29 is 18.3 Å². The van der Waals surface area contributed by atoms with Crippen LogP contribution in [0.4, 0.5) is 10.1 Å². The van der Waals surface area contributed by atoms with E-state index < -0.39 is 23.5 Å². The minimum atomic E-state index is -0.868. The predicted molar refractivity (Wildman–Crippen MR) is 102 cm³/mol. The summed E-state index contributed by atoms with van der Waals surface area (Å²) in [5, 5.41) is 3.33. The average Bonchev–Trinajstić information content (AvgIpc) is 2.63. The van der Waals surface area contributed by atoms with Crippen LogP contribution in [0.25, 0.3) is 11.0 Å². The van der Waals surface area contributed by atoms with E-state index in [1.807, 2.05) is 6.92 Å². The van der Waals surface area contributed by atoms with E-state index in [4.69, 9.17) is 9.15 Å². The molecule has 3 rings (SSSR count). The van der Waals surface area contributed by atoms with E-state index in [2.05, 4.69) is 5.32 Å². The maximum absolute atomic E-state index is 13.7. The average molecular weight is 369 g/mol. The van der Waals surface area contributed by atoms with Gasteiger partial charge in [-0.3, -0.25) is 4.79 Å². The third kappa shape index (κ3) is 4.34. The van der Waals surface area contributed by atoms with Crippen molar-refractivity contribution in [1.29, 1.82) is 0 Å². The Kier molecular flexibility index (Phi) is 5.54. The van der Waals surface area contributed by atoms with Crippen LogP contribution >= 0.6 is 0 Å². The lowest BCUT2D eigenvalue weighted by Crippen LogP contribution is -2.30. The summed E-state index contributed by atoms with van der Waals surface area (Å²) in [6.07, 6.45) is 0.806. The van der Waals surface area contributed by atoms with E-state index in [-0.39, 0.29) is 5.69 Å². The van der Waals surface area contributed by atoms with E-state index >= 15 is 0 Å². The summed E-state index contributed by atoms with van der Waals surface area (Å²) in [5.41, 5.74) is 0.992. The van der Waals surface area contributed by atoms with Gasteiger partial charge >= 0.3 is 5.63 Å². The number of carbonyl (C=O) groups is 1. The number of anilines is 1. The van der Waals surface area contributed by atoms with E-state index in [9.17, 15) is 14.0 Å². The summed E-state index contributed by atoms with van der Waals surface area (Å²) in [4.78, 5) is 24.0. The molecule has 3 aromatic rings. The second-order valence-electron chi connectivity index (χ2n) is 6.23. The van der Waals surface area contributed by atoms with Gasteiger partial charge in [-0.25, -0.2) is 9.18 Å². The third-order valence-electron chi connectivity index (χ3n) is 4.13. The molecule has 0 aliphatic rings. The summed E-state index contributed by atoms with van der Waals surface area (Å²) in [6, 6.07) is 12.5. The zero-order valence-corrected chi connectivity index (χ0v) is 15.1. The highest BCUT2D eigenvalue weighted by molar-refractivity contribution is 5.94. The Hall–Kier alpha value is -3.15. The number of hydrogen-bond donors (Lipinski definition) is 1. The lowest BCUT2D eigenvalue weighted by atomic mass is 10.1. The topological polar surface area (TPSA) is 68.5 Å². The monoisotopic (exact) mass is 369 g/mol. The molecule has 1 atom stereocenters. The number of fused-ring (bicyclic) bond motifs is 1. The van der Waals surface area contributed by atoms with Crippen LogP contribution in [-0.4, -0.2) is 12.0 Å². The van der Waals surface area contributed by atoms with Crippen molar-refractivity contribution in [2.45, 2.75) is 32.8 Å². The van der Waals surface area contributed by atoms with Crippen LogP contribution in [0.15, 0.2) is 57.7 Å². The lowest BCUT2D eigenvalue weighted by Gasteiger charge is -2.15. The van der Waals surface area contributed by atoms with Crippen molar-refractivity contribution in [2.75, 3.05) is 5.32 Å². The molecule has 0 aliphatic carbocycles. The number of rotatable bonds is 6. The van der Waals surface area contributed by atoms with Crippen LogP contribution < -0.4 is 15.7 Å². The number of ether oxygens (including phenoxy) is 1. The normalized spacial score (nSPS) is 12.0. The summed E-state index contributed by atoms with van der Waals surface area (Å²) < 4.78 is 24.6. The van der Waals surface area contributed by atoms with E-state index in [1.165, 1.54) is 18.2 Å². The highest BCUT2D eigenvalue weighted by Crippen LogP contribution is 2.24. The highest BCUT2D eigenvalue weighted by Gasteiger charge is 2.17. The molecule has 0 saturated carbocycles. The first-order chi connectivity index (χ1) is 13.0. The number of para-hydroxylation sites is 1. The molecule has 0 aliphatic heterocycles. The van der Waals surface area contributed by atoms with Gasteiger partial charge in [0.2, 0.25) is 0 Å². The van der Waals surface area contributed by atoms with Gasteiger partial charge < -0.3 is 14.5 Å². The van der Waals surface area contributed by atoms with Gasteiger partial charge in [0, 0.05) is 17.5 Å². The van der Waals surface area contributed by atoms with Gasteiger partial charge in [-0.2, -0.15) is 0 Å². The Morgan fingerprint density at radius 3 is 2.74 bits per heavy atom. The summed E-state index contributed by atoms with van der Waals surface area (Å²) in [7, 11) is 0. The van der Waals surface area contributed by atoms with Crippen molar-refractivity contribution in [3.8, 4) is 5.75 Å². The first kappa shape index (κ1) is 18.6. The molecule has 27 heavy (non-hydrogen) atoms. The molecule has 0 spiro atoms. The maximum atomic E-state index is 13.7. The fraction of sp³-hybridized carbons (Fsp3) is 0.238. The van der Waals surface area contributed by atoms with Gasteiger partial charge in [0.25, 0.3) is 5.91 Å². The van der Waals surface area contributed by atoms with Crippen molar-refractivity contribution in [2.24, 2.45) is 0 Å². The molecule has 0 saturated heterocycles. The van der Waals surface area contributed by atoms with Crippen molar-refractivity contribution in [3.63, 3.8) is 0 Å². The number of carbonyl (C=O) groups excluding carboxylic acids is 1. The number of nitrogens with one attached hydrogen (secondary N) is 1. The Balaban J connectivity index is 1.78. The lowest BCUT2D eigenvalue weighted by molar-refractivity contribution is -0.122. The van der Waals surface area contributed by atoms with Crippen molar-refractivity contribution in [1.82, 2.24) is 0 Å². The van der Waals surface area contributed by atoms with Crippen LogP contribution in [0.2, 0.25) is 0 Å². The molecule has 1 heterocycles. The largest absolute Gasteiger partial charge is 0.481 e. The number of benzene rings is 2. The van der Waals surface area contributed by atoms with Gasteiger partial charge in [0.15, 0.2) is 6.10 Å². The number of hydrogen-bond acceptors (Lipinski definition) is 4. The van der Waals surface area contributed by atoms with Crippen molar-refractivity contribution >= 4 is 22.6 Å². The molecule has 0 bridgehead atoms. The van der Waals surface area contributed by atoms with Crippen LogP contribution in [0.3, 0.4) is 0 Å². The molecule has 0 radical (unpaired) electrons. The molecule has 140 valence electrons. The molecule has 0 unspecified atom stereocenters. The molecule has 1 N–H and O–H groups in total. The van der Waals surface area contributed by atoms with Crippen LogP contribution in [-0.2, 0) is 11.2 Å². The SMILES string of the molecule is CCCc1cc(=O)oc2cc(O[C@@H](C)C(=O)Nc3ccccc3F)ccc12. The molecular weight excluding hydrogens is 349 g/mol. The zero-order valence-electron chi connectivity index (χ0n) is 15.1. The van der Waals surface area contributed by atoms with E-state index in [0.29, 0.717) is 11.3 Å². The van der Waals surface area contributed by atoms with Gasteiger partial charge in [0.05, 0.1) is 5.69 Å². The third-order valence-corrected chi connectivity index (χ3v) is 4.13. The van der Waals surface area contributed by atoms with E-state index in [0.717, 1.165) is 23.8 Å². The molecule has 1 aromatic heterocycles. The van der Waals surface area contributed by atoms with Crippen molar-refractivity contribution in [3.05, 3.63) is 70.3 Å². The molecule has 6 heteroatoms. The van der Waals surface area contributed by atoms with Crippen LogP contribution in [0.1, 0.15) is 25.8 Å². The molecule has 2 aromatic carbocycles. The first-order valence-electron chi connectivity index (χ1n) is 8.76. The molecule has 0 fully saturated rings. The summed E-state index contributed by atoms with van der Waals surface area (Å²) in [5.74, 6) is -0.620. The second-order valence-corrected chi connectivity index (χ2v) is 6.23. The zero-order chi connectivity index (χ0) is 19.4. The smallest absolute Gasteiger partial charge is 0.336 e.